The average Bonchev–Trinajstić information content (AvgIpc) is 2.79. The molecule has 7 nitrogen and oxygen atoms in total. The van der Waals surface area contributed by atoms with Crippen molar-refractivity contribution in [1.82, 2.24) is 14.7 Å². The molecule has 2 heterocycles. The lowest BCUT2D eigenvalue weighted by atomic mass is 10.00. The molecule has 0 radical (unpaired) electrons. The van der Waals surface area contributed by atoms with Crippen molar-refractivity contribution in [3.63, 3.8) is 0 Å². The number of rotatable bonds is 4. The van der Waals surface area contributed by atoms with Gasteiger partial charge in [-0.15, -0.1) is 11.8 Å². The Morgan fingerprint density at radius 1 is 1.41 bits per heavy atom. The highest BCUT2D eigenvalue weighted by atomic mass is 16.4. The van der Waals surface area contributed by atoms with Gasteiger partial charge in [0.15, 0.2) is 5.69 Å². The zero-order valence-corrected chi connectivity index (χ0v) is 12.7. The highest BCUT2D eigenvalue weighted by Crippen LogP contribution is 2.26. The van der Waals surface area contributed by atoms with Gasteiger partial charge in [-0.25, -0.2) is 9.59 Å². The number of amides is 1. The van der Waals surface area contributed by atoms with Crippen LogP contribution in [0.15, 0.2) is 0 Å². The number of fused-ring (bicyclic) bond motifs is 1. The summed E-state index contributed by atoms with van der Waals surface area (Å²) in [6, 6.07) is -0.207. The minimum Gasteiger partial charge on any atom is -0.477 e. The first-order chi connectivity index (χ1) is 10.5. The average molecular weight is 305 g/mol. The molecule has 0 aliphatic carbocycles. The number of carbonyl (C=O) groups is 2. The van der Waals surface area contributed by atoms with Gasteiger partial charge in [-0.2, -0.15) is 5.10 Å². The Labute approximate surface area is 128 Å². The number of aromatic nitrogens is 2. The Kier molecular flexibility index (Phi) is 4.71. The van der Waals surface area contributed by atoms with Crippen LogP contribution in [0.4, 0.5) is 4.79 Å². The van der Waals surface area contributed by atoms with E-state index in [-0.39, 0.29) is 18.3 Å². The Bertz CT molecular complexity index is 654. The third kappa shape index (κ3) is 3.06. The first kappa shape index (κ1) is 15.9. The van der Waals surface area contributed by atoms with Gasteiger partial charge in [-0.1, -0.05) is 0 Å². The van der Waals surface area contributed by atoms with Crippen LogP contribution < -0.4 is 0 Å². The molecular weight excluding hydrogens is 286 g/mol. The van der Waals surface area contributed by atoms with Crippen LogP contribution in [0.25, 0.3) is 0 Å². The predicted octanol–water partition coefficient (Wildman–Crippen LogP) is 1.81. The molecule has 1 aliphatic rings. The largest absolute Gasteiger partial charge is 0.477 e. The standard InChI is InChI=1S/C15H19N3O4/c1-3-4-5-6-7-18-13(14(19)20)11-9-17(15(21)22)10(2)8-12(11)16-18/h10H,5-9H2,1-2H3,(H,19,20)(H,21,22)/t10-/m1/s1. The molecule has 2 rings (SSSR count). The summed E-state index contributed by atoms with van der Waals surface area (Å²) >= 11 is 0. The minimum atomic E-state index is -1.07. The van der Waals surface area contributed by atoms with Gasteiger partial charge in [0.25, 0.3) is 0 Å². The summed E-state index contributed by atoms with van der Waals surface area (Å²) in [5, 5.41) is 23.0. The first-order valence-electron chi connectivity index (χ1n) is 7.16. The Morgan fingerprint density at radius 3 is 2.73 bits per heavy atom. The van der Waals surface area contributed by atoms with E-state index in [1.165, 1.54) is 9.58 Å². The van der Waals surface area contributed by atoms with Gasteiger partial charge in [0.1, 0.15) is 0 Å². The molecule has 0 saturated carbocycles. The van der Waals surface area contributed by atoms with E-state index in [4.69, 9.17) is 0 Å². The van der Waals surface area contributed by atoms with Crippen molar-refractivity contribution in [3.05, 3.63) is 17.0 Å². The second-order valence-corrected chi connectivity index (χ2v) is 5.30. The highest BCUT2D eigenvalue weighted by molar-refractivity contribution is 5.88. The normalized spacial score (nSPS) is 16.6. The van der Waals surface area contributed by atoms with Crippen LogP contribution >= 0.6 is 0 Å². The van der Waals surface area contributed by atoms with Gasteiger partial charge < -0.3 is 15.1 Å². The molecule has 1 aromatic heterocycles. The fourth-order valence-electron chi connectivity index (χ4n) is 2.69. The molecule has 1 aliphatic heterocycles. The predicted molar refractivity (Wildman–Crippen MR) is 78.6 cm³/mol. The maximum absolute atomic E-state index is 11.5. The van der Waals surface area contributed by atoms with E-state index < -0.39 is 12.1 Å². The third-order valence-electron chi connectivity index (χ3n) is 3.78. The van der Waals surface area contributed by atoms with Crippen molar-refractivity contribution >= 4 is 12.1 Å². The van der Waals surface area contributed by atoms with Crippen molar-refractivity contribution in [2.24, 2.45) is 0 Å². The van der Waals surface area contributed by atoms with Crippen LogP contribution in [0.3, 0.4) is 0 Å². The molecule has 0 saturated heterocycles. The number of hydrogen-bond acceptors (Lipinski definition) is 3. The Balaban J connectivity index is 2.30. The lowest BCUT2D eigenvalue weighted by Gasteiger charge is -2.30. The fourth-order valence-corrected chi connectivity index (χ4v) is 2.69. The SMILES string of the molecule is CC#CCCCn1nc2c(c1C(=O)O)CN(C(=O)O)[C@H](C)C2. The molecule has 1 aromatic rings. The fraction of sp³-hybridized carbons (Fsp3) is 0.533. The zero-order valence-electron chi connectivity index (χ0n) is 12.7. The summed E-state index contributed by atoms with van der Waals surface area (Å²) in [4.78, 5) is 24.0. The maximum Gasteiger partial charge on any atom is 0.407 e. The quantitative estimate of drug-likeness (QED) is 0.653. The van der Waals surface area contributed by atoms with Crippen LogP contribution in [0.2, 0.25) is 0 Å². The zero-order chi connectivity index (χ0) is 16.3. The number of carboxylic acid groups (broad SMARTS) is 2. The number of hydrogen-bond donors (Lipinski definition) is 2. The smallest absolute Gasteiger partial charge is 0.407 e. The number of nitrogens with zero attached hydrogens (tertiary/aromatic N) is 3. The highest BCUT2D eigenvalue weighted by Gasteiger charge is 2.33. The molecule has 0 aromatic carbocycles. The number of carboxylic acids is 1. The molecule has 0 unspecified atom stereocenters. The van der Waals surface area contributed by atoms with Gasteiger partial charge in [0.05, 0.1) is 12.2 Å². The molecule has 0 spiro atoms. The lowest BCUT2D eigenvalue weighted by Crippen LogP contribution is -2.42. The number of aryl methyl sites for hydroxylation is 1. The Morgan fingerprint density at radius 2 is 2.14 bits per heavy atom. The van der Waals surface area contributed by atoms with Crippen LogP contribution in [-0.2, 0) is 19.5 Å². The summed E-state index contributed by atoms with van der Waals surface area (Å²) in [5.41, 5.74) is 1.29. The third-order valence-corrected chi connectivity index (χ3v) is 3.78. The van der Waals surface area contributed by atoms with E-state index in [0.29, 0.717) is 37.1 Å². The van der Waals surface area contributed by atoms with E-state index in [1.54, 1.807) is 13.8 Å². The second kappa shape index (κ2) is 6.52. The van der Waals surface area contributed by atoms with Crippen molar-refractivity contribution in [2.75, 3.05) is 0 Å². The minimum absolute atomic E-state index is 0.0717. The van der Waals surface area contributed by atoms with E-state index in [9.17, 15) is 19.8 Å². The van der Waals surface area contributed by atoms with Crippen molar-refractivity contribution < 1.29 is 19.8 Å². The summed E-state index contributed by atoms with van der Waals surface area (Å²) in [6.45, 7) is 4.09. The molecule has 0 bridgehead atoms. The maximum atomic E-state index is 11.5. The molecule has 0 fully saturated rings. The van der Waals surface area contributed by atoms with E-state index in [1.807, 2.05) is 0 Å². The second-order valence-electron chi connectivity index (χ2n) is 5.30. The van der Waals surface area contributed by atoms with Gasteiger partial charge in [0.2, 0.25) is 0 Å². The van der Waals surface area contributed by atoms with Crippen LogP contribution in [0.1, 0.15) is 48.4 Å². The van der Waals surface area contributed by atoms with Gasteiger partial charge in [-0.3, -0.25) is 4.68 Å². The summed E-state index contributed by atoms with van der Waals surface area (Å²) in [7, 11) is 0. The van der Waals surface area contributed by atoms with Crippen LogP contribution in [0.5, 0.6) is 0 Å². The molecular formula is C15H19N3O4. The number of aromatic carboxylic acids is 1. The molecule has 7 heteroatoms. The monoisotopic (exact) mass is 305 g/mol. The summed E-state index contributed by atoms with van der Waals surface area (Å²) in [5.74, 6) is 4.66. The Hall–Kier alpha value is -2.49. The van der Waals surface area contributed by atoms with Gasteiger partial charge >= 0.3 is 12.1 Å². The van der Waals surface area contributed by atoms with Crippen molar-refractivity contribution in [3.8, 4) is 11.8 Å². The van der Waals surface area contributed by atoms with E-state index >= 15 is 0 Å². The van der Waals surface area contributed by atoms with E-state index in [0.717, 1.165) is 0 Å². The van der Waals surface area contributed by atoms with Crippen LogP contribution in [-0.4, -0.2) is 43.0 Å². The summed E-state index contributed by atoms with van der Waals surface area (Å²) in [6.07, 6.45) is 0.779. The summed E-state index contributed by atoms with van der Waals surface area (Å²) < 4.78 is 1.47. The molecule has 2 N–H and O–H groups in total. The van der Waals surface area contributed by atoms with Crippen molar-refractivity contribution in [1.29, 1.82) is 0 Å². The molecule has 1 amide bonds. The van der Waals surface area contributed by atoms with E-state index in [2.05, 4.69) is 16.9 Å². The van der Waals surface area contributed by atoms with Gasteiger partial charge in [-0.05, 0) is 20.3 Å². The van der Waals surface area contributed by atoms with Gasteiger partial charge in [0, 0.05) is 31.0 Å². The number of unbranched alkanes of at least 4 members (excludes halogenated alkanes) is 1. The molecule has 22 heavy (non-hydrogen) atoms. The van der Waals surface area contributed by atoms with Crippen molar-refractivity contribution in [2.45, 2.75) is 52.2 Å². The molecule has 118 valence electrons. The van der Waals surface area contributed by atoms with Crippen LogP contribution in [0, 0.1) is 11.8 Å². The first-order valence-corrected chi connectivity index (χ1v) is 7.16. The lowest BCUT2D eigenvalue weighted by molar-refractivity contribution is 0.0677. The topological polar surface area (TPSA) is 95.7 Å². The molecule has 1 atom stereocenters.